The Morgan fingerprint density at radius 1 is 1.29 bits per heavy atom. The number of hydrogen-bond donors (Lipinski definition) is 0. The van der Waals surface area contributed by atoms with Crippen LogP contribution in [0.2, 0.25) is 5.02 Å². The Morgan fingerprint density at radius 2 is 2.06 bits per heavy atom. The molecule has 2 amide bonds. The number of imide groups is 1. The summed E-state index contributed by atoms with van der Waals surface area (Å²) in [6, 6.07) is 7.77. The third-order valence-corrected chi connectivity index (χ3v) is 7.53. The van der Waals surface area contributed by atoms with E-state index < -0.39 is 6.09 Å². The largest absolute Gasteiger partial charge is 0.497 e. The SMILES string of the molecule is COc1ccc(-c2c(Cl)c(CN3C(=O)COC3=O)nc3sc4c(c23)CCC(C)C4)cc1. The number of nitrogens with zero attached hydrogens (tertiary/aromatic N) is 2. The van der Waals surface area contributed by atoms with Crippen LogP contribution in [0.5, 0.6) is 5.75 Å². The van der Waals surface area contributed by atoms with Crippen molar-refractivity contribution >= 4 is 45.2 Å². The summed E-state index contributed by atoms with van der Waals surface area (Å²) in [4.78, 5) is 32.2. The molecule has 0 saturated carbocycles. The van der Waals surface area contributed by atoms with E-state index in [4.69, 9.17) is 26.1 Å². The molecule has 0 spiro atoms. The smallest absolute Gasteiger partial charge is 0.417 e. The Morgan fingerprint density at radius 3 is 2.74 bits per heavy atom. The number of carbonyl (C=O) groups is 2. The van der Waals surface area contributed by atoms with E-state index >= 15 is 0 Å². The lowest BCUT2D eigenvalue weighted by Gasteiger charge is -2.19. The van der Waals surface area contributed by atoms with Gasteiger partial charge in [0.15, 0.2) is 6.61 Å². The van der Waals surface area contributed by atoms with Gasteiger partial charge < -0.3 is 9.47 Å². The van der Waals surface area contributed by atoms with Crippen molar-refractivity contribution in [1.82, 2.24) is 9.88 Å². The van der Waals surface area contributed by atoms with Gasteiger partial charge in [0.25, 0.3) is 5.91 Å². The topological polar surface area (TPSA) is 68.7 Å². The number of aryl methyl sites for hydroxylation is 1. The van der Waals surface area contributed by atoms with Crippen LogP contribution in [0.15, 0.2) is 24.3 Å². The highest BCUT2D eigenvalue weighted by Gasteiger charge is 2.33. The van der Waals surface area contributed by atoms with Gasteiger partial charge in [0.1, 0.15) is 10.6 Å². The first-order valence-corrected chi connectivity index (χ1v) is 11.4. The normalized spacial score (nSPS) is 18.4. The third kappa shape index (κ3) is 3.46. The molecule has 31 heavy (non-hydrogen) atoms. The summed E-state index contributed by atoms with van der Waals surface area (Å²) in [7, 11) is 1.63. The maximum absolute atomic E-state index is 12.1. The molecule has 2 aliphatic rings. The van der Waals surface area contributed by atoms with Gasteiger partial charge in [-0.3, -0.25) is 4.79 Å². The molecule has 3 heterocycles. The van der Waals surface area contributed by atoms with E-state index in [0.717, 1.165) is 51.3 Å². The minimum absolute atomic E-state index is 0.00539. The highest BCUT2D eigenvalue weighted by molar-refractivity contribution is 7.19. The fourth-order valence-electron chi connectivity index (χ4n) is 4.32. The predicted molar refractivity (Wildman–Crippen MR) is 120 cm³/mol. The molecule has 1 aliphatic carbocycles. The van der Waals surface area contributed by atoms with Crippen molar-refractivity contribution in [3.8, 4) is 16.9 Å². The maximum atomic E-state index is 12.1. The van der Waals surface area contributed by atoms with Crippen molar-refractivity contribution in [2.75, 3.05) is 13.7 Å². The zero-order valence-electron chi connectivity index (χ0n) is 17.2. The Bertz CT molecular complexity index is 1190. The quantitative estimate of drug-likeness (QED) is 0.537. The first-order chi connectivity index (χ1) is 15.0. The molecule has 3 aromatic rings. The number of fused-ring (bicyclic) bond motifs is 3. The van der Waals surface area contributed by atoms with Gasteiger partial charge in [0, 0.05) is 15.8 Å². The lowest BCUT2D eigenvalue weighted by molar-refractivity contribution is -0.126. The number of methoxy groups -OCH3 is 1. The van der Waals surface area contributed by atoms with Crippen LogP contribution in [-0.4, -0.2) is 35.6 Å². The second-order valence-electron chi connectivity index (χ2n) is 8.04. The van der Waals surface area contributed by atoms with E-state index in [1.165, 1.54) is 10.4 Å². The highest BCUT2D eigenvalue weighted by atomic mass is 35.5. The van der Waals surface area contributed by atoms with E-state index in [1.807, 2.05) is 24.3 Å². The van der Waals surface area contributed by atoms with Crippen molar-refractivity contribution in [2.24, 2.45) is 5.92 Å². The van der Waals surface area contributed by atoms with Crippen LogP contribution >= 0.6 is 22.9 Å². The zero-order chi connectivity index (χ0) is 21.7. The number of benzene rings is 1. The van der Waals surface area contributed by atoms with Crippen LogP contribution in [0.4, 0.5) is 4.79 Å². The number of rotatable bonds is 4. The monoisotopic (exact) mass is 456 g/mol. The van der Waals surface area contributed by atoms with Crippen LogP contribution in [0.3, 0.4) is 0 Å². The van der Waals surface area contributed by atoms with Gasteiger partial charge in [-0.05, 0) is 48.4 Å². The van der Waals surface area contributed by atoms with Gasteiger partial charge in [0.2, 0.25) is 0 Å². The average Bonchev–Trinajstić information content (AvgIpc) is 3.28. The minimum Gasteiger partial charge on any atom is -0.497 e. The van der Waals surface area contributed by atoms with Gasteiger partial charge >= 0.3 is 6.09 Å². The van der Waals surface area contributed by atoms with Crippen LogP contribution in [0.1, 0.15) is 29.5 Å². The lowest BCUT2D eigenvalue weighted by Crippen LogP contribution is -2.29. The van der Waals surface area contributed by atoms with Crippen molar-refractivity contribution in [2.45, 2.75) is 32.7 Å². The summed E-state index contributed by atoms with van der Waals surface area (Å²) in [6.07, 6.45) is 2.50. The van der Waals surface area contributed by atoms with E-state index in [9.17, 15) is 9.59 Å². The fraction of sp³-hybridized carbons (Fsp3) is 0.348. The van der Waals surface area contributed by atoms with Crippen LogP contribution in [0, 0.1) is 5.92 Å². The van der Waals surface area contributed by atoms with E-state index in [2.05, 4.69) is 6.92 Å². The Labute approximate surface area is 188 Å². The minimum atomic E-state index is -0.659. The lowest BCUT2D eigenvalue weighted by atomic mass is 9.87. The van der Waals surface area contributed by atoms with Gasteiger partial charge in [-0.15, -0.1) is 11.3 Å². The molecule has 0 bridgehead atoms. The van der Waals surface area contributed by atoms with Gasteiger partial charge in [-0.2, -0.15) is 0 Å². The Hall–Kier alpha value is -2.64. The number of halogens is 1. The fourth-order valence-corrected chi connectivity index (χ4v) is 6.03. The van der Waals surface area contributed by atoms with Crippen molar-refractivity contribution < 1.29 is 19.1 Å². The molecule has 2 aromatic heterocycles. The number of cyclic esters (lactones) is 1. The Balaban J connectivity index is 1.71. The molecular formula is C23H21ClN2O4S. The number of carbonyl (C=O) groups excluding carboxylic acids is 2. The predicted octanol–water partition coefficient (Wildman–Crippen LogP) is 5.23. The number of pyridine rings is 1. The summed E-state index contributed by atoms with van der Waals surface area (Å²) in [6.45, 7) is 2.03. The van der Waals surface area contributed by atoms with Crippen LogP contribution in [0.25, 0.3) is 21.3 Å². The molecule has 5 rings (SSSR count). The molecule has 0 radical (unpaired) electrons. The van der Waals surface area contributed by atoms with Gasteiger partial charge in [0.05, 0.1) is 24.4 Å². The third-order valence-electron chi connectivity index (χ3n) is 5.98. The number of thiophene rings is 1. The first kappa shape index (κ1) is 20.3. The van der Waals surface area contributed by atoms with E-state index in [-0.39, 0.29) is 19.1 Å². The molecule has 0 N–H and O–H groups in total. The molecular weight excluding hydrogens is 436 g/mol. The molecule has 1 fully saturated rings. The van der Waals surface area contributed by atoms with Crippen molar-refractivity contribution in [1.29, 1.82) is 0 Å². The molecule has 1 atom stereocenters. The van der Waals surface area contributed by atoms with Gasteiger partial charge in [-0.1, -0.05) is 30.7 Å². The summed E-state index contributed by atoms with van der Waals surface area (Å²) >= 11 is 8.61. The van der Waals surface area contributed by atoms with E-state index in [1.54, 1.807) is 18.4 Å². The number of amides is 2. The van der Waals surface area contributed by atoms with Crippen LogP contribution in [-0.2, 0) is 28.9 Å². The number of aromatic nitrogens is 1. The second kappa shape index (κ2) is 7.80. The van der Waals surface area contributed by atoms with Crippen molar-refractivity contribution in [3.63, 3.8) is 0 Å². The molecule has 160 valence electrons. The van der Waals surface area contributed by atoms with Gasteiger partial charge in [-0.25, -0.2) is 14.7 Å². The summed E-state index contributed by atoms with van der Waals surface area (Å²) in [5, 5.41) is 1.55. The van der Waals surface area contributed by atoms with E-state index in [0.29, 0.717) is 16.6 Å². The molecule has 8 heteroatoms. The highest BCUT2D eigenvalue weighted by Crippen LogP contribution is 2.45. The van der Waals surface area contributed by atoms with Crippen molar-refractivity contribution in [3.05, 3.63) is 45.4 Å². The molecule has 1 aromatic carbocycles. The first-order valence-electron chi connectivity index (χ1n) is 10.2. The summed E-state index contributed by atoms with van der Waals surface area (Å²) in [5.41, 5.74) is 3.67. The summed E-state index contributed by atoms with van der Waals surface area (Å²) < 4.78 is 10.2. The molecule has 6 nitrogen and oxygen atoms in total. The molecule has 1 saturated heterocycles. The molecule has 1 aliphatic heterocycles. The Kier molecular flexibility index (Phi) is 5.10. The zero-order valence-corrected chi connectivity index (χ0v) is 18.8. The summed E-state index contributed by atoms with van der Waals surface area (Å²) in [5.74, 6) is 1.02. The second-order valence-corrected chi connectivity index (χ2v) is 9.50. The standard InChI is InChI=1S/C23H21ClN2O4S/c1-12-3-8-15-17(9-12)31-22-20(15)19(13-4-6-14(29-2)7-5-13)21(24)16(25-22)10-26-18(27)11-30-23(26)28/h4-7,12H,3,8-11H2,1-2H3. The van der Waals surface area contributed by atoms with Crippen LogP contribution < -0.4 is 4.74 Å². The maximum Gasteiger partial charge on any atom is 0.417 e. The number of hydrogen-bond acceptors (Lipinski definition) is 6. The average molecular weight is 457 g/mol. The number of ether oxygens (including phenoxy) is 2. The molecule has 1 unspecified atom stereocenters.